The smallest absolute Gasteiger partial charge is 0.138 e. The topological polar surface area (TPSA) is 53.9 Å². The molecule has 0 aliphatic rings. The lowest BCUT2D eigenvalue weighted by Crippen LogP contribution is -2.60. The molecule has 3 aromatic rings. The summed E-state index contributed by atoms with van der Waals surface area (Å²) in [4.78, 5) is 0. The molecule has 0 spiro atoms. The number of benzene rings is 1. The van der Waals surface area contributed by atoms with Crippen molar-refractivity contribution in [3.63, 3.8) is 0 Å². The van der Waals surface area contributed by atoms with Gasteiger partial charge in [-0.1, -0.05) is 0 Å². The van der Waals surface area contributed by atoms with Crippen LogP contribution >= 0.6 is 0 Å². The predicted octanol–water partition coefficient (Wildman–Crippen LogP) is 2.35. The molecule has 0 unspecified atom stereocenters. The summed E-state index contributed by atoms with van der Waals surface area (Å²) < 4.78 is 11.0. The van der Waals surface area contributed by atoms with Crippen LogP contribution in [0.15, 0.2) is 39.6 Å². The molecule has 3 heteroatoms. The average molecular weight is 216 g/mol. The van der Waals surface area contributed by atoms with Crippen molar-refractivity contribution in [2.75, 3.05) is 0 Å². The van der Waals surface area contributed by atoms with Crippen LogP contribution in [-0.4, -0.2) is 6.04 Å². The minimum Gasteiger partial charge on any atom is -0.464 e. The minimum atomic E-state index is 0.355. The molecule has 1 atom stereocenters. The van der Waals surface area contributed by atoms with Crippen molar-refractivity contribution >= 4 is 21.9 Å². The molecule has 0 saturated heterocycles. The van der Waals surface area contributed by atoms with Crippen molar-refractivity contribution in [3.05, 3.63) is 36.3 Å². The quantitative estimate of drug-likeness (QED) is 0.714. The zero-order valence-corrected chi connectivity index (χ0v) is 9.19. The van der Waals surface area contributed by atoms with E-state index in [1.54, 1.807) is 12.5 Å². The number of rotatable bonds is 2. The number of furan rings is 2. The lowest BCUT2D eigenvalue weighted by Gasteiger charge is -2.05. The summed E-state index contributed by atoms with van der Waals surface area (Å²) in [5.74, 6) is 0. The molecular weight excluding hydrogens is 202 g/mol. The van der Waals surface area contributed by atoms with Crippen LogP contribution in [0.4, 0.5) is 0 Å². The molecule has 2 heterocycles. The van der Waals surface area contributed by atoms with E-state index in [0.717, 1.165) is 28.4 Å². The summed E-state index contributed by atoms with van der Waals surface area (Å²) in [6.07, 6.45) is 4.35. The first-order valence-electron chi connectivity index (χ1n) is 5.45. The second-order valence-corrected chi connectivity index (χ2v) is 4.34. The molecule has 1 aromatic carbocycles. The number of fused-ring (bicyclic) bond motifs is 2. The highest BCUT2D eigenvalue weighted by Gasteiger charge is 2.14. The summed E-state index contributed by atoms with van der Waals surface area (Å²) in [7, 11) is 0. The summed E-state index contributed by atoms with van der Waals surface area (Å²) in [6, 6.07) is 6.34. The van der Waals surface area contributed by atoms with Gasteiger partial charge in [-0.2, -0.15) is 0 Å². The van der Waals surface area contributed by atoms with Crippen molar-refractivity contribution in [1.82, 2.24) is 0 Å². The number of quaternary nitrogens is 1. The van der Waals surface area contributed by atoms with Gasteiger partial charge in [0.05, 0.1) is 18.6 Å². The van der Waals surface area contributed by atoms with E-state index in [4.69, 9.17) is 8.83 Å². The van der Waals surface area contributed by atoms with Crippen molar-refractivity contribution in [2.45, 2.75) is 19.4 Å². The van der Waals surface area contributed by atoms with Crippen LogP contribution in [-0.2, 0) is 6.42 Å². The average Bonchev–Trinajstić information content (AvgIpc) is 2.83. The van der Waals surface area contributed by atoms with Crippen LogP contribution in [0.1, 0.15) is 12.5 Å². The van der Waals surface area contributed by atoms with E-state index in [0.29, 0.717) is 6.04 Å². The fraction of sp³-hybridized carbons (Fsp3) is 0.231. The molecule has 0 saturated carbocycles. The van der Waals surface area contributed by atoms with Crippen molar-refractivity contribution in [3.8, 4) is 0 Å². The fourth-order valence-electron chi connectivity index (χ4n) is 2.17. The van der Waals surface area contributed by atoms with Crippen LogP contribution in [0, 0.1) is 0 Å². The molecule has 0 radical (unpaired) electrons. The van der Waals surface area contributed by atoms with Crippen LogP contribution in [0.5, 0.6) is 0 Å². The third-order valence-electron chi connectivity index (χ3n) is 2.83. The Morgan fingerprint density at radius 1 is 1.25 bits per heavy atom. The third-order valence-corrected chi connectivity index (χ3v) is 2.83. The second kappa shape index (κ2) is 3.39. The Morgan fingerprint density at radius 2 is 2.06 bits per heavy atom. The molecule has 2 aromatic heterocycles. The molecule has 0 bridgehead atoms. The van der Waals surface area contributed by atoms with E-state index < -0.39 is 0 Å². The van der Waals surface area contributed by atoms with E-state index in [1.165, 1.54) is 5.56 Å². The second-order valence-electron chi connectivity index (χ2n) is 4.34. The Morgan fingerprint density at radius 3 is 2.88 bits per heavy atom. The number of hydrogen-bond donors (Lipinski definition) is 1. The molecule has 0 amide bonds. The molecule has 3 rings (SSSR count). The van der Waals surface area contributed by atoms with Gasteiger partial charge in [0.2, 0.25) is 0 Å². The Labute approximate surface area is 92.8 Å². The molecular formula is C13H14NO2+. The third kappa shape index (κ3) is 1.32. The van der Waals surface area contributed by atoms with E-state index in [2.05, 4.69) is 12.7 Å². The van der Waals surface area contributed by atoms with Crippen LogP contribution in [0.25, 0.3) is 21.9 Å². The standard InChI is InChI=1S/C13H13NO2/c1-8(14)6-11-10-3-5-15-12(10)7-9-2-4-16-13(9)11/h2-5,7-8H,6,14H2,1H3/p+1/t8-/m0/s1. The highest BCUT2D eigenvalue weighted by atomic mass is 16.3. The molecule has 0 aliphatic carbocycles. The lowest BCUT2D eigenvalue weighted by molar-refractivity contribution is -0.413. The zero-order chi connectivity index (χ0) is 11.1. The monoisotopic (exact) mass is 216 g/mol. The van der Waals surface area contributed by atoms with Crippen LogP contribution < -0.4 is 5.73 Å². The maximum absolute atomic E-state index is 5.56. The lowest BCUT2D eigenvalue weighted by atomic mass is 10.0. The Bertz CT molecular complexity index is 585. The van der Waals surface area contributed by atoms with E-state index in [1.807, 2.05) is 18.2 Å². The molecule has 3 N–H and O–H groups in total. The van der Waals surface area contributed by atoms with Gasteiger partial charge in [-0.25, -0.2) is 0 Å². The van der Waals surface area contributed by atoms with Gasteiger partial charge < -0.3 is 14.6 Å². The van der Waals surface area contributed by atoms with Gasteiger partial charge in [-0.15, -0.1) is 0 Å². The Balaban J connectivity index is 2.37. The Hall–Kier alpha value is -1.74. The molecule has 82 valence electrons. The first-order chi connectivity index (χ1) is 7.75. The van der Waals surface area contributed by atoms with Gasteiger partial charge >= 0.3 is 0 Å². The van der Waals surface area contributed by atoms with E-state index in [-0.39, 0.29) is 0 Å². The van der Waals surface area contributed by atoms with Gasteiger partial charge in [-0.05, 0) is 25.1 Å². The van der Waals surface area contributed by atoms with E-state index in [9.17, 15) is 0 Å². The fourth-order valence-corrected chi connectivity index (χ4v) is 2.17. The zero-order valence-electron chi connectivity index (χ0n) is 9.19. The first kappa shape index (κ1) is 9.48. The van der Waals surface area contributed by atoms with Crippen molar-refractivity contribution in [1.29, 1.82) is 0 Å². The van der Waals surface area contributed by atoms with Gasteiger partial charge in [0.25, 0.3) is 0 Å². The minimum absolute atomic E-state index is 0.355. The van der Waals surface area contributed by atoms with Crippen molar-refractivity contribution in [2.24, 2.45) is 0 Å². The molecule has 0 aliphatic heterocycles. The Kier molecular flexibility index (Phi) is 2.01. The molecule has 16 heavy (non-hydrogen) atoms. The maximum Gasteiger partial charge on any atom is 0.138 e. The highest BCUT2D eigenvalue weighted by Crippen LogP contribution is 2.30. The maximum atomic E-state index is 5.56. The molecule has 0 fully saturated rings. The first-order valence-corrected chi connectivity index (χ1v) is 5.45. The SMILES string of the molecule is C[C@H]([NH3+])Cc1c2ccoc2cc2ccoc12. The predicted molar refractivity (Wildman–Crippen MR) is 62.0 cm³/mol. The van der Waals surface area contributed by atoms with Gasteiger partial charge in [-0.3, -0.25) is 0 Å². The van der Waals surface area contributed by atoms with Crippen molar-refractivity contribution < 1.29 is 14.6 Å². The highest BCUT2D eigenvalue weighted by molar-refractivity contribution is 5.97. The number of hydrogen-bond acceptors (Lipinski definition) is 2. The summed E-state index contributed by atoms with van der Waals surface area (Å²) in [6.45, 7) is 2.10. The largest absolute Gasteiger partial charge is 0.464 e. The van der Waals surface area contributed by atoms with Gasteiger partial charge in [0.1, 0.15) is 11.2 Å². The summed E-state index contributed by atoms with van der Waals surface area (Å²) in [5.41, 5.74) is 7.13. The molecule has 3 nitrogen and oxygen atoms in total. The van der Waals surface area contributed by atoms with Gasteiger partial charge in [0.15, 0.2) is 0 Å². The summed E-state index contributed by atoms with van der Waals surface area (Å²) in [5, 5.41) is 2.23. The summed E-state index contributed by atoms with van der Waals surface area (Å²) >= 11 is 0. The van der Waals surface area contributed by atoms with Crippen LogP contribution in [0.3, 0.4) is 0 Å². The van der Waals surface area contributed by atoms with Crippen LogP contribution in [0.2, 0.25) is 0 Å². The van der Waals surface area contributed by atoms with Gasteiger partial charge in [0, 0.05) is 22.8 Å². The van der Waals surface area contributed by atoms with E-state index >= 15 is 0 Å². The normalized spacial score (nSPS) is 13.6.